The van der Waals surface area contributed by atoms with Crippen molar-refractivity contribution in [2.45, 2.75) is 32.1 Å². The normalized spacial score (nSPS) is 10.1. The highest BCUT2D eigenvalue weighted by Gasteiger charge is 1.91. The lowest BCUT2D eigenvalue weighted by Crippen LogP contribution is -1.96. The second-order valence-corrected chi connectivity index (χ2v) is 3.43. The standard InChI is InChI=1S/C13H19O/c1-2-3-4-5-9-12-14-13-10-7-6-8-11-13/h6-8,10-11H,1-5,9,12H2. The van der Waals surface area contributed by atoms with Crippen LogP contribution in [-0.2, 0) is 0 Å². The summed E-state index contributed by atoms with van der Waals surface area (Å²) in [6.45, 7) is 4.65. The highest BCUT2D eigenvalue weighted by Crippen LogP contribution is 2.09. The fraction of sp³-hybridized carbons (Fsp3) is 0.462. The van der Waals surface area contributed by atoms with Gasteiger partial charge in [0.05, 0.1) is 6.61 Å². The average molecular weight is 191 g/mol. The van der Waals surface area contributed by atoms with E-state index in [4.69, 9.17) is 4.74 Å². The Labute approximate surface area is 87.1 Å². The van der Waals surface area contributed by atoms with Crippen LogP contribution >= 0.6 is 0 Å². The van der Waals surface area contributed by atoms with Gasteiger partial charge in [0.15, 0.2) is 0 Å². The van der Waals surface area contributed by atoms with E-state index in [0.717, 1.165) is 25.2 Å². The van der Waals surface area contributed by atoms with Crippen LogP contribution in [0.25, 0.3) is 0 Å². The topological polar surface area (TPSA) is 9.23 Å². The number of hydrogen-bond donors (Lipinski definition) is 0. The molecular weight excluding hydrogens is 172 g/mol. The van der Waals surface area contributed by atoms with Gasteiger partial charge < -0.3 is 4.74 Å². The average Bonchev–Trinajstić information content (AvgIpc) is 2.25. The molecule has 0 atom stereocenters. The fourth-order valence-electron chi connectivity index (χ4n) is 1.34. The molecule has 1 aromatic carbocycles. The lowest BCUT2D eigenvalue weighted by atomic mass is 10.2. The van der Waals surface area contributed by atoms with Crippen LogP contribution in [0.1, 0.15) is 32.1 Å². The number of ether oxygens (including phenoxy) is 1. The first-order chi connectivity index (χ1) is 6.93. The third-order valence-corrected chi connectivity index (χ3v) is 2.16. The van der Waals surface area contributed by atoms with Crippen molar-refractivity contribution in [2.75, 3.05) is 6.61 Å². The van der Waals surface area contributed by atoms with E-state index in [1.54, 1.807) is 0 Å². The van der Waals surface area contributed by atoms with Gasteiger partial charge in [0.1, 0.15) is 5.75 Å². The van der Waals surface area contributed by atoms with Crippen molar-refractivity contribution in [1.29, 1.82) is 0 Å². The summed E-state index contributed by atoms with van der Waals surface area (Å²) in [5.41, 5.74) is 0. The number of benzene rings is 1. The van der Waals surface area contributed by atoms with E-state index >= 15 is 0 Å². The van der Waals surface area contributed by atoms with Gasteiger partial charge in [0, 0.05) is 0 Å². The maximum Gasteiger partial charge on any atom is 0.119 e. The monoisotopic (exact) mass is 191 g/mol. The molecule has 0 aliphatic heterocycles. The largest absolute Gasteiger partial charge is 0.494 e. The van der Waals surface area contributed by atoms with Crippen LogP contribution in [0.4, 0.5) is 0 Å². The molecule has 1 nitrogen and oxygen atoms in total. The van der Waals surface area contributed by atoms with Gasteiger partial charge in [0.2, 0.25) is 0 Å². The molecule has 1 radical (unpaired) electrons. The number of hydrogen-bond acceptors (Lipinski definition) is 1. The van der Waals surface area contributed by atoms with Gasteiger partial charge in [-0.3, -0.25) is 0 Å². The van der Waals surface area contributed by atoms with Crippen LogP contribution in [-0.4, -0.2) is 6.61 Å². The van der Waals surface area contributed by atoms with E-state index in [9.17, 15) is 0 Å². The molecular formula is C13H19O. The van der Waals surface area contributed by atoms with Gasteiger partial charge in [-0.15, -0.1) is 0 Å². The minimum absolute atomic E-state index is 0.834. The number of unbranched alkanes of at least 4 members (excludes halogenated alkanes) is 4. The minimum atomic E-state index is 0.834. The Morgan fingerprint density at radius 1 is 0.929 bits per heavy atom. The molecule has 0 saturated carbocycles. The molecule has 0 spiro atoms. The van der Waals surface area contributed by atoms with Gasteiger partial charge in [-0.1, -0.05) is 50.8 Å². The molecule has 0 aliphatic carbocycles. The Morgan fingerprint density at radius 2 is 1.64 bits per heavy atom. The van der Waals surface area contributed by atoms with E-state index in [1.807, 2.05) is 30.3 Å². The molecule has 14 heavy (non-hydrogen) atoms. The third-order valence-electron chi connectivity index (χ3n) is 2.16. The van der Waals surface area contributed by atoms with Crippen LogP contribution in [0.5, 0.6) is 5.75 Å². The SMILES string of the molecule is [CH2]CCCCCCOc1ccccc1. The summed E-state index contributed by atoms with van der Waals surface area (Å²) in [5, 5.41) is 0. The van der Waals surface area contributed by atoms with E-state index in [0.29, 0.717) is 0 Å². The van der Waals surface area contributed by atoms with Gasteiger partial charge in [-0.2, -0.15) is 0 Å². The summed E-state index contributed by atoms with van der Waals surface area (Å²) < 4.78 is 5.57. The second kappa shape index (κ2) is 7.43. The molecule has 1 heteroatoms. The fourth-order valence-corrected chi connectivity index (χ4v) is 1.34. The second-order valence-electron chi connectivity index (χ2n) is 3.43. The summed E-state index contributed by atoms with van der Waals surface area (Å²) in [6, 6.07) is 9.99. The molecule has 0 aliphatic rings. The van der Waals surface area contributed by atoms with E-state index in [-0.39, 0.29) is 0 Å². The van der Waals surface area contributed by atoms with Crippen LogP contribution in [0, 0.1) is 6.92 Å². The van der Waals surface area contributed by atoms with Crippen molar-refractivity contribution in [3.8, 4) is 5.75 Å². The summed E-state index contributed by atoms with van der Waals surface area (Å²) in [5.74, 6) is 0.977. The Hall–Kier alpha value is -0.980. The van der Waals surface area contributed by atoms with Gasteiger partial charge in [-0.25, -0.2) is 0 Å². The highest BCUT2D eigenvalue weighted by atomic mass is 16.5. The summed E-state index contributed by atoms with van der Waals surface area (Å²) in [7, 11) is 0. The van der Waals surface area contributed by atoms with Gasteiger partial charge in [-0.05, 0) is 18.6 Å². The molecule has 0 N–H and O–H groups in total. The van der Waals surface area contributed by atoms with Crippen LogP contribution < -0.4 is 4.74 Å². The molecule has 0 heterocycles. The Kier molecular flexibility index (Phi) is 5.89. The summed E-state index contributed by atoms with van der Waals surface area (Å²) in [6.07, 6.45) is 5.98. The molecule has 0 amide bonds. The van der Waals surface area contributed by atoms with Crippen molar-refractivity contribution < 1.29 is 4.74 Å². The Bertz CT molecular complexity index is 218. The molecule has 0 saturated heterocycles. The maximum absolute atomic E-state index is 5.57. The molecule has 0 bridgehead atoms. The number of rotatable bonds is 7. The lowest BCUT2D eigenvalue weighted by molar-refractivity contribution is 0.305. The molecule has 0 fully saturated rings. The third kappa shape index (κ3) is 4.90. The Balaban J connectivity index is 1.99. The molecule has 77 valence electrons. The molecule has 0 unspecified atom stereocenters. The molecule has 1 aromatic rings. The van der Waals surface area contributed by atoms with E-state index in [1.165, 1.54) is 19.3 Å². The first-order valence-electron chi connectivity index (χ1n) is 5.40. The zero-order valence-electron chi connectivity index (χ0n) is 8.74. The van der Waals surface area contributed by atoms with Crippen LogP contribution in [0.15, 0.2) is 30.3 Å². The highest BCUT2D eigenvalue weighted by molar-refractivity contribution is 5.20. The van der Waals surface area contributed by atoms with Crippen LogP contribution in [0.2, 0.25) is 0 Å². The van der Waals surface area contributed by atoms with Crippen molar-refractivity contribution in [1.82, 2.24) is 0 Å². The smallest absolute Gasteiger partial charge is 0.119 e. The minimum Gasteiger partial charge on any atom is -0.494 e. The zero-order valence-corrected chi connectivity index (χ0v) is 8.74. The predicted octanol–water partition coefficient (Wildman–Crippen LogP) is 3.85. The summed E-state index contributed by atoms with van der Waals surface area (Å²) >= 11 is 0. The van der Waals surface area contributed by atoms with Crippen molar-refractivity contribution >= 4 is 0 Å². The Morgan fingerprint density at radius 3 is 2.36 bits per heavy atom. The first kappa shape index (κ1) is 11.1. The zero-order chi connectivity index (χ0) is 10.1. The quantitative estimate of drug-likeness (QED) is 0.595. The molecule has 1 rings (SSSR count). The van der Waals surface area contributed by atoms with Gasteiger partial charge in [0.25, 0.3) is 0 Å². The number of para-hydroxylation sites is 1. The predicted molar refractivity (Wildman–Crippen MR) is 60.4 cm³/mol. The first-order valence-corrected chi connectivity index (χ1v) is 5.40. The van der Waals surface area contributed by atoms with Crippen molar-refractivity contribution in [2.24, 2.45) is 0 Å². The maximum atomic E-state index is 5.57. The lowest BCUT2D eigenvalue weighted by Gasteiger charge is -2.04. The molecule has 0 aromatic heterocycles. The summed E-state index contributed by atoms with van der Waals surface area (Å²) in [4.78, 5) is 0. The van der Waals surface area contributed by atoms with Crippen molar-refractivity contribution in [3.63, 3.8) is 0 Å². The van der Waals surface area contributed by atoms with E-state index < -0.39 is 0 Å². The van der Waals surface area contributed by atoms with E-state index in [2.05, 4.69) is 6.92 Å². The van der Waals surface area contributed by atoms with Crippen LogP contribution in [0.3, 0.4) is 0 Å². The van der Waals surface area contributed by atoms with Gasteiger partial charge >= 0.3 is 0 Å². The van der Waals surface area contributed by atoms with Crippen molar-refractivity contribution in [3.05, 3.63) is 37.3 Å².